The Hall–Kier alpha value is -3.13. The topological polar surface area (TPSA) is 59.2 Å². The minimum Gasteiger partial charge on any atom is -0.508 e. The lowest BCUT2D eigenvalue weighted by molar-refractivity contribution is -0.136. The lowest BCUT2D eigenvalue weighted by atomic mass is 9.94. The van der Waals surface area contributed by atoms with Crippen molar-refractivity contribution >= 4 is 11.3 Å². The summed E-state index contributed by atoms with van der Waals surface area (Å²) in [5, 5.41) is 13.6. The lowest BCUT2D eigenvalue weighted by Crippen LogP contribution is -2.07. The summed E-state index contributed by atoms with van der Waals surface area (Å²) in [5.41, 5.74) is 1.73. The average molecular weight is 414 g/mol. The minimum atomic E-state index is -4.64. The van der Waals surface area contributed by atoms with Crippen LogP contribution in [0.3, 0.4) is 0 Å². The summed E-state index contributed by atoms with van der Waals surface area (Å²) >= 11 is 1.15. The van der Waals surface area contributed by atoms with E-state index in [1.54, 1.807) is 48.5 Å². The van der Waals surface area contributed by atoms with Crippen molar-refractivity contribution < 1.29 is 22.8 Å². The Labute approximate surface area is 167 Å². The van der Waals surface area contributed by atoms with Crippen LogP contribution < -0.4 is 0 Å². The molecule has 5 rings (SSSR count). The van der Waals surface area contributed by atoms with Crippen LogP contribution in [0.25, 0.3) is 32.5 Å². The predicted octanol–water partition coefficient (Wildman–Crippen LogP) is 5.96. The van der Waals surface area contributed by atoms with E-state index in [4.69, 9.17) is 4.52 Å². The highest BCUT2D eigenvalue weighted by Gasteiger charge is 2.42. The van der Waals surface area contributed by atoms with Gasteiger partial charge in [0, 0.05) is 5.56 Å². The summed E-state index contributed by atoms with van der Waals surface area (Å²) in [6.45, 7) is 0. The van der Waals surface area contributed by atoms with Gasteiger partial charge in [0.25, 0.3) is 0 Å². The van der Waals surface area contributed by atoms with Gasteiger partial charge in [-0.25, -0.2) is 4.98 Å². The van der Waals surface area contributed by atoms with Gasteiger partial charge in [0.05, 0.1) is 10.6 Å². The van der Waals surface area contributed by atoms with Crippen LogP contribution in [0.1, 0.15) is 16.8 Å². The van der Waals surface area contributed by atoms with Crippen molar-refractivity contribution in [2.24, 2.45) is 0 Å². The Morgan fingerprint density at radius 1 is 1.03 bits per heavy atom. The third kappa shape index (κ3) is 3.00. The zero-order chi connectivity index (χ0) is 20.2. The standard InChI is InChI=1S/C21H13F3N2O2S/c22-21(23,24)16-17(11-4-2-1-3-5-11)26-28-18(16)20-25-15-9-6-12-10-13(27)7-8-14(12)19(15)29-20/h1-5,7-8,10,27H,6,9H2. The summed E-state index contributed by atoms with van der Waals surface area (Å²) in [6, 6.07) is 13.2. The summed E-state index contributed by atoms with van der Waals surface area (Å²) in [4.78, 5) is 5.24. The molecule has 4 aromatic rings. The lowest BCUT2D eigenvalue weighted by Gasteiger charge is -2.14. The molecule has 1 aliphatic carbocycles. The Balaban J connectivity index is 1.67. The minimum absolute atomic E-state index is 0.151. The largest absolute Gasteiger partial charge is 0.508 e. The van der Waals surface area contributed by atoms with Crippen LogP contribution in [-0.4, -0.2) is 15.2 Å². The summed E-state index contributed by atoms with van der Waals surface area (Å²) < 4.78 is 47.0. The van der Waals surface area contributed by atoms with Gasteiger partial charge in [0.1, 0.15) is 17.0 Å². The molecule has 1 N–H and O–H groups in total. The maximum atomic E-state index is 13.9. The third-order valence-electron chi connectivity index (χ3n) is 4.88. The Morgan fingerprint density at radius 3 is 2.59 bits per heavy atom. The van der Waals surface area contributed by atoms with Crippen molar-refractivity contribution in [2.45, 2.75) is 19.0 Å². The van der Waals surface area contributed by atoms with Crippen LogP contribution in [0.4, 0.5) is 13.2 Å². The number of aromatic hydroxyl groups is 1. The van der Waals surface area contributed by atoms with Crippen molar-refractivity contribution in [3.05, 3.63) is 65.4 Å². The zero-order valence-electron chi connectivity index (χ0n) is 14.8. The molecule has 0 radical (unpaired) electrons. The molecule has 0 aliphatic heterocycles. The monoisotopic (exact) mass is 414 g/mol. The maximum Gasteiger partial charge on any atom is 0.422 e. The van der Waals surface area contributed by atoms with Gasteiger partial charge in [-0.1, -0.05) is 35.5 Å². The van der Waals surface area contributed by atoms with Gasteiger partial charge in [-0.3, -0.25) is 0 Å². The summed E-state index contributed by atoms with van der Waals surface area (Å²) in [6.07, 6.45) is -3.39. The van der Waals surface area contributed by atoms with E-state index in [0.29, 0.717) is 18.4 Å². The highest BCUT2D eigenvalue weighted by molar-refractivity contribution is 7.18. The molecule has 0 fully saturated rings. The van der Waals surface area contributed by atoms with Crippen LogP contribution in [0, 0.1) is 0 Å². The van der Waals surface area contributed by atoms with Gasteiger partial charge in [-0.05, 0) is 42.2 Å². The highest BCUT2D eigenvalue weighted by atomic mass is 32.1. The van der Waals surface area contributed by atoms with Crippen molar-refractivity contribution in [1.29, 1.82) is 0 Å². The van der Waals surface area contributed by atoms with Crippen LogP contribution in [0.2, 0.25) is 0 Å². The van der Waals surface area contributed by atoms with Crippen molar-refractivity contribution in [3.63, 3.8) is 0 Å². The van der Waals surface area contributed by atoms with Gasteiger partial charge in [-0.2, -0.15) is 13.2 Å². The first-order valence-corrected chi connectivity index (χ1v) is 9.68. The van der Waals surface area contributed by atoms with Crippen molar-refractivity contribution in [2.75, 3.05) is 0 Å². The quantitative estimate of drug-likeness (QED) is 0.440. The van der Waals surface area contributed by atoms with E-state index >= 15 is 0 Å². The summed E-state index contributed by atoms with van der Waals surface area (Å²) in [5.74, 6) is -0.199. The fourth-order valence-electron chi connectivity index (χ4n) is 3.58. The molecule has 0 atom stereocenters. The van der Waals surface area contributed by atoms with Gasteiger partial charge >= 0.3 is 6.18 Å². The van der Waals surface area contributed by atoms with Crippen LogP contribution >= 0.6 is 11.3 Å². The summed E-state index contributed by atoms with van der Waals surface area (Å²) in [7, 11) is 0. The molecule has 29 heavy (non-hydrogen) atoms. The number of halogens is 3. The number of phenols is 1. The second-order valence-electron chi connectivity index (χ2n) is 6.74. The molecular weight excluding hydrogens is 401 g/mol. The fourth-order valence-corrected chi connectivity index (χ4v) is 4.74. The number of phenolic OH excluding ortho intramolecular Hbond substituents is 1. The number of rotatable bonds is 2. The molecule has 0 saturated heterocycles. The molecule has 4 nitrogen and oxygen atoms in total. The molecule has 0 unspecified atom stereocenters. The normalized spacial score (nSPS) is 13.2. The first-order valence-electron chi connectivity index (χ1n) is 8.86. The molecule has 0 bridgehead atoms. The van der Waals surface area contributed by atoms with E-state index in [1.807, 2.05) is 0 Å². The van der Waals surface area contributed by atoms with Gasteiger partial charge in [-0.15, -0.1) is 11.3 Å². The smallest absolute Gasteiger partial charge is 0.422 e. The number of hydrogen-bond acceptors (Lipinski definition) is 5. The molecule has 2 aromatic heterocycles. The fraction of sp³-hybridized carbons (Fsp3) is 0.143. The molecule has 0 spiro atoms. The molecule has 0 saturated carbocycles. The Morgan fingerprint density at radius 2 is 1.83 bits per heavy atom. The van der Waals surface area contributed by atoms with Gasteiger partial charge in [0.15, 0.2) is 5.01 Å². The van der Waals surface area contributed by atoms with E-state index in [2.05, 4.69) is 10.1 Å². The second kappa shape index (κ2) is 6.45. The molecule has 0 amide bonds. The molecular formula is C21H13F3N2O2S. The van der Waals surface area contributed by atoms with E-state index in [9.17, 15) is 18.3 Å². The van der Waals surface area contributed by atoms with E-state index in [1.165, 1.54) is 0 Å². The average Bonchev–Trinajstić information content (AvgIpc) is 3.32. The molecule has 8 heteroatoms. The Kier molecular flexibility index (Phi) is 3.99. The van der Waals surface area contributed by atoms with Gasteiger partial charge < -0.3 is 9.63 Å². The van der Waals surface area contributed by atoms with Crippen LogP contribution in [0.5, 0.6) is 5.75 Å². The first kappa shape index (κ1) is 17.9. The second-order valence-corrected chi connectivity index (χ2v) is 7.73. The zero-order valence-corrected chi connectivity index (χ0v) is 15.6. The van der Waals surface area contributed by atoms with Crippen LogP contribution in [-0.2, 0) is 19.0 Å². The van der Waals surface area contributed by atoms with Crippen molar-refractivity contribution in [3.8, 4) is 38.2 Å². The Bertz CT molecular complexity index is 1210. The van der Waals surface area contributed by atoms with Crippen molar-refractivity contribution in [1.82, 2.24) is 10.1 Å². The molecule has 1 aliphatic rings. The van der Waals surface area contributed by atoms with Gasteiger partial charge in [0.2, 0.25) is 5.76 Å². The van der Waals surface area contributed by atoms with E-state index in [-0.39, 0.29) is 22.2 Å². The number of benzene rings is 2. The van der Waals surface area contributed by atoms with Crippen LogP contribution in [0.15, 0.2) is 53.1 Å². The number of aryl methyl sites for hydroxylation is 2. The molecule has 2 heterocycles. The number of fused-ring (bicyclic) bond motifs is 3. The molecule has 146 valence electrons. The van der Waals surface area contributed by atoms with E-state index < -0.39 is 11.7 Å². The number of hydrogen-bond donors (Lipinski definition) is 1. The molecule has 2 aromatic carbocycles. The maximum absolute atomic E-state index is 13.9. The van der Waals surface area contributed by atoms with E-state index in [0.717, 1.165) is 33.0 Å². The number of aromatic nitrogens is 2. The first-order chi connectivity index (χ1) is 13.9. The number of thiazole rings is 1. The SMILES string of the molecule is Oc1ccc2c(c1)CCc1nc(-c3onc(-c4ccccc4)c3C(F)(F)F)sc1-2. The number of nitrogens with zero attached hydrogens (tertiary/aromatic N) is 2. The third-order valence-corrected chi connectivity index (χ3v) is 6.01. The highest BCUT2D eigenvalue weighted by Crippen LogP contribution is 2.47. The predicted molar refractivity (Wildman–Crippen MR) is 103 cm³/mol. The number of alkyl halides is 3.